The third-order valence-electron chi connectivity index (χ3n) is 1.99. The second-order valence-electron chi connectivity index (χ2n) is 3.59. The zero-order valence-corrected chi connectivity index (χ0v) is 8.96. The predicted molar refractivity (Wildman–Crippen MR) is 58.7 cm³/mol. The molecule has 0 aromatic heterocycles. The van der Waals surface area contributed by atoms with Gasteiger partial charge in [-0.2, -0.15) is 0 Å². The summed E-state index contributed by atoms with van der Waals surface area (Å²) < 4.78 is 0. The number of nitrogens with zero attached hydrogens (tertiary/aromatic N) is 3. The molecule has 82 valence electrons. The zero-order valence-electron chi connectivity index (χ0n) is 8.96. The second kappa shape index (κ2) is 5.43. The quantitative estimate of drug-likeness (QED) is 0.444. The smallest absolute Gasteiger partial charge is 0.0916 e. The van der Waals surface area contributed by atoms with E-state index >= 15 is 0 Å². The molecule has 1 unspecified atom stereocenters. The first-order valence-electron chi connectivity index (χ1n) is 4.67. The number of aliphatic hydroxyl groups excluding tert-OH is 1. The summed E-state index contributed by atoms with van der Waals surface area (Å²) in [6.45, 7) is 0.595. The van der Waals surface area contributed by atoms with E-state index in [1.165, 1.54) is 0 Å². The highest BCUT2D eigenvalue weighted by Crippen LogP contribution is 2.18. The fourth-order valence-electron chi connectivity index (χ4n) is 1.28. The van der Waals surface area contributed by atoms with Crippen LogP contribution in [-0.2, 0) is 0 Å². The minimum atomic E-state index is -0.483. The summed E-state index contributed by atoms with van der Waals surface area (Å²) in [6.07, 6.45) is -0.483. The van der Waals surface area contributed by atoms with E-state index in [9.17, 15) is 5.11 Å². The Morgan fingerprint density at radius 1 is 1.33 bits per heavy atom. The summed E-state index contributed by atoms with van der Waals surface area (Å²) in [4.78, 5) is 1.93. The van der Waals surface area contributed by atoms with E-state index in [4.69, 9.17) is 5.84 Å². The van der Waals surface area contributed by atoms with Crippen molar-refractivity contribution in [2.45, 2.75) is 6.10 Å². The molecular weight excluding hydrogens is 192 g/mol. The molecule has 5 nitrogen and oxygen atoms in total. The van der Waals surface area contributed by atoms with Crippen LogP contribution in [0, 0.1) is 0 Å². The van der Waals surface area contributed by atoms with Crippen molar-refractivity contribution in [2.75, 3.05) is 20.6 Å². The Morgan fingerprint density at radius 3 is 2.40 bits per heavy atom. The summed E-state index contributed by atoms with van der Waals surface area (Å²) in [6, 6.07) is 7.17. The molecule has 1 atom stereocenters. The number of benzene rings is 1. The number of nitrogens with two attached hydrogens (primary N) is 1. The van der Waals surface area contributed by atoms with Crippen molar-refractivity contribution in [1.29, 1.82) is 0 Å². The van der Waals surface area contributed by atoms with Crippen LogP contribution >= 0.6 is 0 Å². The van der Waals surface area contributed by atoms with E-state index in [1.807, 2.05) is 31.1 Å². The van der Waals surface area contributed by atoms with Crippen LogP contribution in [0.5, 0.6) is 0 Å². The highest BCUT2D eigenvalue weighted by Gasteiger charge is 2.07. The second-order valence-corrected chi connectivity index (χ2v) is 3.59. The number of rotatable bonds is 4. The van der Waals surface area contributed by atoms with Gasteiger partial charge in [-0.25, -0.2) is 0 Å². The van der Waals surface area contributed by atoms with Gasteiger partial charge in [0.05, 0.1) is 11.8 Å². The van der Waals surface area contributed by atoms with Crippen LogP contribution < -0.4 is 5.84 Å². The lowest BCUT2D eigenvalue weighted by molar-refractivity contribution is 0.138. The van der Waals surface area contributed by atoms with Crippen LogP contribution in [0.3, 0.4) is 0 Å². The van der Waals surface area contributed by atoms with Gasteiger partial charge in [-0.1, -0.05) is 17.4 Å². The largest absolute Gasteiger partial charge is 0.387 e. The van der Waals surface area contributed by atoms with Gasteiger partial charge in [0.2, 0.25) is 0 Å². The Bertz CT molecular complexity index is 321. The van der Waals surface area contributed by atoms with E-state index in [1.54, 1.807) is 12.1 Å². The van der Waals surface area contributed by atoms with Crippen LogP contribution in [0.4, 0.5) is 5.69 Å². The normalized spacial score (nSPS) is 13.6. The lowest BCUT2D eigenvalue weighted by atomic mass is 10.1. The van der Waals surface area contributed by atoms with Crippen molar-refractivity contribution >= 4 is 5.69 Å². The fourth-order valence-corrected chi connectivity index (χ4v) is 1.28. The molecule has 0 aliphatic carbocycles. The molecule has 0 spiro atoms. The lowest BCUT2D eigenvalue weighted by Gasteiger charge is -2.16. The molecule has 1 rings (SSSR count). The first-order chi connectivity index (χ1) is 7.13. The third kappa shape index (κ3) is 3.65. The highest BCUT2D eigenvalue weighted by atomic mass is 16.3. The van der Waals surface area contributed by atoms with Gasteiger partial charge in [0.1, 0.15) is 0 Å². The predicted octanol–water partition coefficient (Wildman–Crippen LogP) is 1.24. The van der Waals surface area contributed by atoms with Gasteiger partial charge in [0.25, 0.3) is 0 Å². The van der Waals surface area contributed by atoms with Gasteiger partial charge in [0, 0.05) is 6.54 Å². The molecule has 0 heterocycles. The summed E-state index contributed by atoms with van der Waals surface area (Å²) >= 11 is 0. The summed E-state index contributed by atoms with van der Waals surface area (Å²) in [7, 11) is 3.83. The molecule has 1 aromatic carbocycles. The Morgan fingerprint density at radius 2 is 1.93 bits per heavy atom. The van der Waals surface area contributed by atoms with Crippen LogP contribution in [-0.4, -0.2) is 30.6 Å². The van der Waals surface area contributed by atoms with Gasteiger partial charge in [-0.15, -0.1) is 5.11 Å². The molecule has 0 saturated carbocycles. The number of hydrogen-bond acceptors (Lipinski definition) is 4. The molecule has 15 heavy (non-hydrogen) atoms. The molecular formula is C10H16N4O. The highest BCUT2D eigenvalue weighted by molar-refractivity contribution is 5.38. The van der Waals surface area contributed by atoms with Crippen molar-refractivity contribution in [3.05, 3.63) is 29.8 Å². The third-order valence-corrected chi connectivity index (χ3v) is 1.99. The van der Waals surface area contributed by atoms with E-state index < -0.39 is 6.10 Å². The van der Waals surface area contributed by atoms with Gasteiger partial charge >= 0.3 is 0 Å². The maximum Gasteiger partial charge on any atom is 0.0916 e. The average Bonchev–Trinajstić information content (AvgIpc) is 2.18. The van der Waals surface area contributed by atoms with Gasteiger partial charge < -0.3 is 15.8 Å². The average molecular weight is 208 g/mol. The van der Waals surface area contributed by atoms with Gasteiger partial charge in [-0.3, -0.25) is 0 Å². The Labute approximate surface area is 89.2 Å². The lowest BCUT2D eigenvalue weighted by Crippen LogP contribution is -2.19. The first kappa shape index (κ1) is 11.6. The van der Waals surface area contributed by atoms with Gasteiger partial charge in [0.15, 0.2) is 0 Å². The summed E-state index contributed by atoms with van der Waals surface area (Å²) in [5, 5.41) is 16.7. The Kier molecular flexibility index (Phi) is 4.20. The van der Waals surface area contributed by atoms with E-state index in [0.717, 1.165) is 5.56 Å². The molecule has 3 N–H and O–H groups in total. The molecule has 0 saturated heterocycles. The number of hydrogen-bond donors (Lipinski definition) is 2. The molecule has 0 aliphatic rings. The molecule has 0 fully saturated rings. The van der Waals surface area contributed by atoms with Crippen LogP contribution in [0.1, 0.15) is 11.7 Å². The van der Waals surface area contributed by atoms with Crippen molar-refractivity contribution in [3.63, 3.8) is 0 Å². The monoisotopic (exact) mass is 208 g/mol. The Balaban J connectivity index is 2.70. The SMILES string of the molecule is CN(C)CC(O)c1ccc(N=NN)cc1. The maximum absolute atomic E-state index is 9.79. The molecule has 1 aromatic rings. The molecule has 0 aliphatic heterocycles. The summed E-state index contributed by atoms with van der Waals surface area (Å²) in [5.74, 6) is 4.93. The van der Waals surface area contributed by atoms with Crippen LogP contribution in [0.15, 0.2) is 34.6 Å². The first-order valence-corrected chi connectivity index (χ1v) is 4.67. The van der Waals surface area contributed by atoms with E-state index in [2.05, 4.69) is 10.3 Å². The Hall–Kier alpha value is -1.46. The standard InChI is InChI=1S/C10H16N4O/c1-14(2)7-10(15)8-3-5-9(6-4-8)12-13-11/h3-6,10,15H,7H2,1-2H3,(H2,11,12). The maximum atomic E-state index is 9.79. The number of aliphatic hydroxyl groups is 1. The fraction of sp³-hybridized carbons (Fsp3) is 0.400. The minimum Gasteiger partial charge on any atom is -0.387 e. The van der Waals surface area contributed by atoms with Crippen molar-refractivity contribution < 1.29 is 5.11 Å². The van der Waals surface area contributed by atoms with Crippen molar-refractivity contribution in [2.24, 2.45) is 16.2 Å². The van der Waals surface area contributed by atoms with E-state index in [-0.39, 0.29) is 0 Å². The summed E-state index contributed by atoms with van der Waals surface area (Å²) in [5.41, 5.74) is 1.54. The van der Waals surface area contributed by atoms with Crippen LogP contribution in [0.25, 0.3) is 0 Å². The number of likely N-dealkylation sites (N-methyl/N-ethyl adjacent to an activating group) is 1. The minimum absolute atomic E-state index is 0.483. The van der Waals surface area contributed by atoms with Crippen LogP contribution in [0.2, 0.25) is 0 Å². The molecule has 5 heteroatoms. The van der Waals surface area contributed by atoms with E-state index in [0.29, 0.717) is 12.2 Å². The molecule has 0 radical (unpaired) electrons. The molecule has 0 amide bonds. The topological polar surface area (TPSA) is 74.2 Å². The van der Waals surface area contributed by atoms with Crippen molar-refractivity contribution in [3.8, 4) is 0 Å². The molecule has 0 bridgehead atoms. The van der Waals surface area contributed by atoms with Gasteiger partial charge in [-0.05, 0) is 31.8 Å². The van der Waals surface area contributed by atoms with Crippen molar-refractivity contribution in [1.82, 2.24) is 4.90 Å². The zero-order chi connectivity index (χ0) is 11.3.